The molecule has 1 fully saturated rings. The number of hydrogen-bond acceptors (Lipinski definition) is 6. The summed E-state index contributed by atoms with van der Waals surface area (Å²) in [6.45, 7) is 2.75. The van der Waals surface area contributed by atoms with Crippen LogP contribution in [0.5, 0.6) is 0 Å². The number of aryl methyl sites for hydroxylation is 1. The Kier molecular flexibility index (Phi) is 3.59. The van der Waals surface area contributed by atoms with Crippen molar-refractivity contribution in [1.29, 1.82) is 0 Å². The van der Waals surface area contributed by atoms with Crippen molar-refractivity contribution in [3.8, 4) is 0 Å². The average Bonchev–Trinajstić information content (AvgIpc) is 3.23. The van der Waals surface area contributed by atoms with Gasteiger partial charge in [0, 0.05) is 29.6 Å². The highest BCUT2D eigenvalue weighted by Crippen LogP contribution is 2.35. The van der Waals surface area contributed by atoms with Crippen LogP contribution in [-0.2, 0) is 11.4 Å². The molecule has 1 atom stereocenters. The summed E-state index contributed by atoms with van der Waals surface area (Å²) >= 11 is 0. The van der Waals surface area contributed by atoms with Gasteiger partial charge in [-0.3, -0.25) is 14.8 Å². The van der Waals surface area contributed by atoms with E-state index in [2.05, 4.69) is 37.8 Å². The first kappa shape index (κ1) is 16.5. The monoisotopic (exact) mass is 387 g/mol. The first-order chi connectivity index (χ1) is 14.2. The van der Waals surface area contributed by atoms with E-state index >= 15 is 0 Å². The Hall–Kier alpha value is -3.42. The van der Waals surface area contributed by atoms with E-state index in [1.807, 2.05) is 29.8 Å². The number of anilines is 2. The van der Waals surface area contributed by atoms with Crippen molar-refractivity contribution in [3.63, 3.8) is 0 Å². The topological polar surface area (TPSA) is 93.0 Å². The first-order valence-corrected chi connectivity index (χ1v) is 10.0. The number of rotatable bonds is 5. The summed E-state index contributed by atoms with van der Waals surface area (Å²) in [4.78, 5) is 10.1. The summed E-state index contributed by atoms with van der Waals surface area (Å²) in [7, 11) is 0. The summed E-state index contributed by atoms with van der Waals surface area (Å²) in [5, 5.41) is 20.9. The van der Waals surface area contributed by atoms with E-state index in [1.54, 1.807) is 6.20 Å². The van der Waals surface area contributed by atoms with E-state index in [4.69, 9.17) is 9.94 Å². The van der Waals surface area contributed by atoms with Crippen LogP contribution in [0, 0.1) is 12.8 Å². The number of benzene rings is 1. The molecule has 146 valence electrons. The minimum absolute atomic E-state index is 0.0763. The van der Waals surface area contributed by atoms with Gasteiger partial charge in [-0.2, -0.15) is 10.2 Å². The smallest absolute Gasteiger partial charge is 0.178 e. The number of nitrogens with one attached hydrogen (secondary N) is 2. The third kappa shape index (κ3) is 2.91. The minimum Gasteiger partial charge on any atom is -0.390 e. The molecular weight excluding hydrogens is 366 g/mol. The average molecular weight is 387 g/mol. The molecule has 0 radical (unpaired) electrons. The van der Waals surface area contributed by atoms with Crippen LogP contribution in [0.4, 0.5) is 11.5 Å². The normalized spacial score (nSPS) is 18.9. The SMILES string of the molecule is Cc1nn(CC2CC(C3CC3)=NO2)c2ccc(Nc3n[nH]c4cccnc34)cc12. The van der Waals surface area contributed by atoms with Crippen molar-refractivity contribution in [3.05, 3.63) is 42.2 Å². The number of aromatic amines is 1. The maximum absolute atomic E-state index is 5.66. The Morgan fingerprint density at radius 2 is 2.21 bits per heavy atom. The molecule has 6 rings (SSSR count). The molecular formula is C21H21N7O. The summed E-state index contributed by atoms with van der Waals surface area (Å²) in [5.41, 5.74) is 6.01. The second-order valence-corrected chi connectivity index (χ2v) is 7.88. The molecule has 1 aliphatic heterocycles. The molecule has 0 bridgehead atoms. The summed E-state index contributed by atoms with van der Waals surface area (Å²) < 4.78 is 2.04. The van der Waals surface area contributed by atoms with E-state index < -0.39 is 0 Å². The molecule has 29 heavy (non-hydrogen) atoms. The molecule has 0 saturated heterocycles. The molecule has 8 heteroatoms. The molecule has 0 spiro atoms. The van der Waals surface area contributed by atoms with Gasteiger partial charge in [0.05, 0.1) is 29.0 Å². The van der Waals surface area contributed by atoms with Gasteiger partial charge >= 0.3 is 0 Å². The molecule has 1 aliphatic carbocycles. The Labute approximate surface area is 166 Å². The van der Waals surface area contributed by atoms with Crippen LogP contribution in [0.25, 0.3) is 21.9 Å². The van der Waals surface area contributed by atoms with Crippen LogP contribution in [-0.4, -0.2) is 36.8 Å². The van der Waals surface area contributed by atoms with Crippen LogP contribution in [0.15, 0.2) is 41.7 Å². The Bertz CT molecular complexity index is 1250. The maximum atomic E-state index is 5.66. The molecule has 1 aromatic carbocycles. The fraction of sp³-hybridized carbons (Fsp3) is 0.333. The quantitative estimate of drug-likeness (QED) is 0.541. The van der Waals surface area contributed by atoms with E-state index in [9.17, 15) is 0 Å². The lowest BCUT2D eigenvalue weighted by Gasteiger charge is -2.10. The Morgan fingerprint density at radius 3 is 3.10 bits per heavy atom. The van der Waals surface area contributed by atoms with Crippen LogP contribution in [0.1, 0.15) is 25.0 Å². The highest BCUT2D eigenvalue weighted by atomic mass is 16.6. The predicted molar refractivity (Wildman–Crippen MR) is 111 cm³/mol. The van der Waals surface area contributed by atoms with Gasteiger partial charge in [-0.1, -0.05) is 5.16 Å². The van der Waals surface area contributed by atoms with Crippen molar-refractivity contribution in [2.45, 2.75) is 38.8 Å². The van der Waals surface area contributed by atoms with Crippen LogP contribution in [0.2, 0.25) is 0 Å². The Balaban J connectivity index is 1.25. The first-order valence-electron chi connectivity index (χ1n) is 10.0. The van der Waals surface area contributed by atoms with Gasteiger partial charge in [0.15, 0.2) is 11.9 Å². The number of oxime groups is 1. The zero-order valence-electron chi connectivity index (χ0n) is 16.1. The largest absolute Gasteiger partial charge is 0.390 e. The van der Waals surface area contributed by atoms with Crippen molar-refractivity contribution >= 4 is 39.2 Å². The lowest BCUT2D eigenvalue weighted by atomic mass is 10.1. The van der Waals surface area contributed by atoms with E-state index in [-0.39, 0.29) is 6.10 Å². The highest BCUT2D eigenvalue weighted by Gasteiger charge is 2.34. The number of nitrogens with zero attached hydrogens (tertiary/aromatic N) is 5. The Morgan fingerprint density at radius 1 is 1.28 bits per heavy atom. The van der Waals surface area contributed by atoms with Gasteiger partial charge in [-0.05, 0) is 50.1 Å². The zero-order valence-corrected chi connectivity index (χ0v) is 16.1. The zero-order chi connectivity index (χ0) is 19.4. The lowest BCUT2D eigenvalue weighted by Crippen LogP contribution is -2.18. The number of aromatic nitrogens is 5. The van der Waals surface area contributed by atoms with Crippen molar-refractivity contribution in [2.75, 3.05) is 5.32 Å². The number of H-pyrrole nitrogens is 1. The molecule has 1 unspecified atom stereocenters. The van der Waals surface area contributed by atoms with Gasteiger partial charge in [-0.25, -0.2) is 0 Å². The third-order valence-corrected chi connectivity index (χ3v) is 5.70. The van der Waals surface area contributed by atoms with Crippen LogP contribution in [0.3, 0.4) is 0 Å². The number of hydrogen-bond donors (Lipinski definition) is 2. The van der Waals surface area contributed by atoms with E-state index in [0.717, 1.165) is 39.7 Å². The van der Waals surface area contributed by atoms with Gasteiger partial charge < -0.3 is 10.2 Å². The predicted octanol–water partition coefficient (Wildman–Crippen LogP) is 3.91. The van der Waals surface area contributed by atoms with E-state index in [0.29, 0.717) is 18.3 Å². The number of pyridine rings is 1. The molecule has 0 amide bonds. The molecule has 4 heterocycles. The number of fused-ring (bicyclic) bond motifs is 2. The summed E-state index contributed by atoms with van der Waals surface area (Å²) in [6, 6.07) is 10.1. The molecule has 2 aliphatic rings. The minimum atomic E-state index is 0.0763. The third-order valence-electron chi connectivity index (χ3n) is 5.70. The van der Waals surface area contributed by atoms with Crippen molar-refractivity contribution in [2.24, 2.45) is 11.1 Å². The fourth-order valence-electron chi connectivity index (χ4n) is 4.03. The van der Waals surface area contributed by atoms with Crippen LogP contribution < -0.4 is 5.32 Å². The molecule has 3 aromatic heterocycles. The summed E-state index contributed by atoms with van der Waals surface area (Å²) in [5.74, 6) is 1.38. The fourth-order valence-corrected chi connectivity index (χ4v) is 4.03. The molecule has 2 N–H and O–H groups in total. The van der Waals surface area contributed by atoms with Crippen molar-refractivity contribution < 1.29 is 4.84 Å². The second kappa shape index (κ2) is 6.30. The van der Waals surface area contributed by atoms with Gasteiger partial charge in [0.2, 0.25) is 0 Å². The maximum Gasteiger partial charge on any atom is 0.178 e. The second-order valence-electron chi connectivity index (χ2n) is 7.88. The highest BCUT2D eigenvalue weighted by molar-refractivity contribution is 5.91. The van der Waals surface area contributed by atoms with Gasteiger partial charge in [0.25, 0.3) is 0 Å². The lowest BCUT2D eigenvalue weighted by molar-refractivity contribution is 0.0707. The van der Waals surface area contributed by atoms with Crippen molar-refractivity contribution in [1.82, 2.24) is 25.0 Å². The van der Waals surface area contributed by atoms with Gasteiger partial charge in [0.1, 0.15) is 5.52 Å². The standard InChI is InChI=1S/C21H21N7O/c1-12-16-9-14(23-21-20-17(24-25-21)3-2-8-22-20)6-7-19(16)28(26-12)11-15-10-18(27-29-15)13-4-5-13/h2-3,6-9,13,15H,4-5,10-11H2,1H3,(H2,23,24,25). The molecule has 4 aromatic rings. The molecule has 1 saturated carbocycles. The van der Waals surface area contributed by atoms with Gasteiger partial charge in [-0.15, -0.1) is 0 Å². The summed E-state index contributed by atoms with van der Waals surface area (Å²) in [6.07, 6.45) is 5.28. The van der Waals surface area contributed by atoms with Crippen LogP contribution >= 0.6 is 0 Å². The van der Waals surface area contributed by atoms with E-state index in [1.165, 1.54) is 18.6 Å². The molecule has 8 nitrogen and oxygen atoms in total.